The summed E-state index contributed by atoms with van der Waals surface area (Å²) < 4.78 is 3.08. The third-order valence-corrected chi connectivity index (χ3v) is 2.91. The van der Waals surface area contributed by atoms with Crippen LogP contribution < -0.4 is 0 Å². The highest BCUT2D eigenvalue weighted by atomic mass is 79.9. The van der Waals surface area contributed by atoms with Crippen LogP contribution >= 0.6 is 17.0 Å². The van der Waals surface area contributed by atoms with Crippen LogP contribution in [0, 0.1) is 0 Å². The van der Waals surface area contributed by atoms with Crippen molar-refractivity contribution in [3.05, 3.63) is 0 Å². The molecule has 0 aliphatic heterocycles. The second-order valence-electron chi connectivity index (χ2n) is 2.06. The Morgan fingerprint density at radius 3 is 2.25 bits per heavy atom. The fourth-order valence-electron chi connectivity index (χ4n) is 0.677. The Morgan fingerprint density at radius 1 is 1.25 bits per heavy atom. The average Bonchev–Trinajstić information content (AvgIpc) is 1.69. The molecule has 0 rings (SSSR count). The summed E-state index contributed by atoms with van der Waals surface area (Å²) >= 11 is 0.411. The first kappa shape index (κ1) is 12.0. The minimum atomic E-state index is 0. The largest absolute Gasteiger partial charge is 0.363 e. The van der Waals surface area contributed by atoms with Crippen molar-refractivity contribution >= 4 is 37.3 Å². The zero-order valence-electron chi connectivity index (χ0n) is 5.94. The van der Waals surface area contributed by atoms with Crippen molar-refractivity contribution in [3.63, 3.8) is 0 Å². The first-order valence-electron chi connectivity index (χ1n) is 3.41. The maximum atomic E-state index is 2.31. The fourth-order valence-corrected chi connectivity index (χ4v) is 2.03. The van der Waals surface area contributed by atoms with E-state index in [9.17, 15) is 0 Å². The molecule has 0 N–H and O–H groups in total. The second-order valence-corrected chi connectivity index (χ2v) is 4.47. The van der Waals surface area contributed by atoms with Gasteiger partial charge in [-0.2, -0.15) is 0 Å². The summed E-state index contributed by atoms with van der Waals surface area (Å²) in [5.74, 6) is 0. The molecule has 0 unspecified atom stereocenters. The maximum absolute atomic E-state index is 2.31. The fraction of sp³-hybridized carbons (Fsp3) is 1.00. The summed E-state index contributed by atoms with van der Waals surface area (Å²) in [5.41, 5.74) is 0. The normalized spacial score (nSPS) is 7.25. The monoisotopic (exact) mass is 190 g/mol. The van der Waals surface area contributed by atoms with Gasteiger partial charge in [0.25, 0.3) is 0 Å². The van der Waals surface area contributed by atoms with Gasteiger partial charge in [-0.1, -0.05) is 26.7 Å². The first-order valence-corrected chi connectivity index (χ1v) is 5.41. The van der Waals surface area contributed by atoms with Crippen molar-refractivity contribution in [2.75, 3.05) is 0 Å². The minimum Gasteiger partial charge on any atom is -0.149 e. The van der Waals surface area contributed by atoms with Gasteiger partial charge in [0, 0.05) is 0 Å². The number of halogens is 1. The van der Waals surface area contributed by atoms with Gasteiger partial charge in [0.2, 0.25) is 0 Å². The highest BCUT2D eigenvalue weighted by Gasteiger charge is 1.87. The molecule has 0 nitrogen and oxygen atoms in total. The van der Waals surface area contributed by atoms with E-state index < -0.39 is 0 Å². The molecule has 0 saturated heterocycles. The lowest BCUT2D eigenvalue weighted by atomic mass is 10.4. The smallest absolute Gasteiger partial charge is 0.149 e. The molecular formula is C6H15BrMg. The molecular weight excluding hydrogens is 176 g/mol. The van der Waals surface area contributed by atoms with Gasteiger partial charge in [0.05, 0.1) is 0 Å². The van der Waals surface area contributed by atoms with Crippen LogP contribution in [0.1, 0.15) is 26.7 Å². The van der Waals surface area contributed by atoms with Crippen LogP contribution in [-0.4, -0.2) is 20.4 Å². The molecule has 2 heteroatoms. The van der Waals surface area contributed by atoms with Crippen LogP contribution in [0.4, 0.5) is 0 Å². The molecule has 0 aromatic heterocycles. The molecule has 0 spiro atoms. The molecule has 0 fully saturated rings. The van der Waals surface area contributed by atoms with Crippen LogP contribution in [0.2, 0.25) is 9.10 Å². The molecule has 0 aliphatic rings. The topological polar surface area (TPSA) is 0 Å². The summed E-state index contributed by atoms with van der Waals surface area (Å²) in [6.45, 7) is 4.58. The predicted molar refractivity (Wildman–Crippen MR) is 46.3 cm³/mol. The van der Waals surface area contributed by atoms with Crippen molar-refractivity contribution in [2.45, 2.75) is 35.8 Å². The summed E-state index contributed by atoms with van der Waals surface area (Å²) in [4.78, 5) is 0. The van der Waals surface area contributed by atoms with Gasteiger partial charge in [-0.3, -0.25) is 0 Å². The Kier molecular flexibility index (Phi) is 16.6. The lowest BCUT2D eigenvalue weighted by Crippen LogP contribution is -1.82. The Hall–Kier alpha value is 1.25. The maximum Gasteiger partial charge on any atom is 0.363 e. The van der Waals surface area contributed by atoms with Crippen molar-refractivity contribution < 1.29 is 0 Å². The Bertz CT molecular complexity index is 27.7. The van der Waals surface area contributed by atoms with E-state index in [0.29, 0.717) is 20.4 Å². The Labute approximate surface area is 72.9 Å². The second kappa shape index (κ2) is 11.1. The molecule has 0 aliphatic carbocycles. The highest BCUT2D eigenvalue weighted by molar-refractivity contribution is 8.93. The Balaban J connectivity index is 0. The molecule has 48 valence electrons. The van der Waals surface area contributed by atoms with Gasteiger partial charge >= 0.3 is 20.4 Å². The van der Waals surface area contributed by atoms with Gasteiger partial charge in [-0.05, 0) is 0 Å². The molecule has 0 amide bonds. The summed E-state index contributed by atoms with van der Waals surface area (Å²) in [6, 6.07) is 0. The molecule has 0 heterocycles. The van der Waals surface area contributed by atoms with E-state index in [0.717, 1.165) is 0 Å². The Morgan fingerprint density at radius 2 is 1.88 bits per heavy atom. The SMILES string of the molecule is Br.CCC[CH2][Mg][CH2]C. The predicted octanol–water partition coefficient (Wildman–Crippen LogP) is 2.93. The molecule has 0 aromatic rings. The lowest BCUT2D eigenvalue weighted by molar-refractivity contribution is 0.877. The standard InChI is InChI=1S/C4H9.C2H5.BrH.Mg/c1-3-4-2;1-2;;/h1,3-4H2,2H3;1H2,2H3;1H;. The summed E-state index contributed by atoms with van der Waals surface area (Å²) in [5, 5.41) is 0. The van der Waals surface area contributed by atoms with Crippen LogP contribution in [0.3, 0.4) is 0 Å². The molecule has 0 atom stereocenters. The number of hydrogen-bond donors (Lipinski definition) is 0. The minimum absolute atomic E-state index is 0. The van der Waals surface area contributed by atoms with E-state index >= 15 is 0 Å². The van der Waals surface area contributed by atoms with E-state index in [1.165, 1.54) is 17.4 Å². The van der Waals surface area contributed by atoms with E-state index in [1.807, 2.05) is 0 Å². The zero-order chi connectivity index (χ0) is 5.54. The van der Waals surface area contributed by atoms with E-state index in [4.69, 9.17) is 0 Å². The van der Waals surface area contributed by atoms with Crippen molar-refractivity contribution in [1.29, 1.82) is 0 Å². The zero-order valence-corrected chi connectivity index (χ0v) is 9.07. The van der Waals surface area contributed by atoms with E-state index in [-0.39, 0.29) is 17.0 Å². The van der Waals surface area contributed by atoms with Crippen molar-refractivity contribution in [1.82, 2.24) is 0 Å². The number of rotatable bonds is 4. The summed E-state index contributed by atoms with van der Waals surface area (Å²) in [6.07, 6.45) is 2.88. The van der Waals surface area contributed by atoms with Gasteiger partial charge in [0.1, 0.15) is 0 Å². The molecule has 0 saturated carbocycles. The molecule has 0 aromatic carbocycles. The van der Waals surface area contributed by atoms with E-state index in [1.54, 1.807) is 4.55 Å². The average molecular weight is 191 g/mol. The third-order valence-electron chi connectivity index (χ3n) is 1.21. The first-order chi connectivity index (χ1) is 3.41. The van der Waals surface area contributed by atoms with Crippen LogP contribution in [-0.2, 0) is 0 Å². The van der Waals surface area contributed by atoms with E-state index in [2.05, 4.69) is 13.8 Å². The quantitative estimate of drug-likeness (QED) is 0.473. The van der Waals surface area contributed by atoms with Crippen LogP contribution in [0.25, 0.3) is 0 Å². The van der Waals surface area contributed by atoms with Gasteiger partial charge < -0.3 is 0 Å². The van der Waals surface area contributed by atoms with Gasteiger partial charge in [-0.25, -0.2) is 0 Å². The van der Waals surface area contributed by atoms with Gasteiger partial charge in [0.15, 0.2) is 0 Å². The number of hydrogen-bond acceptors (Lipinski definition) is 0. The number of unbranched alkanes of at least 4 members (excludes halogenated alkanes) is 1. The van der Waals surface area contributed by atoms with Crippen molar-refractivity contribution in [2.24, 2.45) is 0 Å². The van der Waals surface area contributed by atoms with Crippen LogP contribution in [0.5, 0.6) is 0 Å². The van der Waals surface area contributed by atoms with Crippen LogP contribution in [0.15, 0.2) is 0 Å². The molecule has 8 heavy (non-hydrogen) atoms. The highest BCUT2D eigenvalue weighted by Crippen LogP contribution is 1.94. The molecule has 0 radical (unpaired) electrons. The molecule has 0 bridgehead atoms. The summed E-state index contributed by atoms with van der Waals surface area (Å²) in [7, 11) is 0. The van der Waals surface area contributed by atoms with Gasteiger partial charge in [-0.15, -0.1) is 26.1 Å². The third kappa shape index (κ3) is 10.3. The van der Waals surface area contributed by atoms with Crippen molar-refractivity contribution in [3.8, 4) is 0 Å². The lowest BCUT2D eigenvalue weighted by Gasteiger charge is -1.87.